The largest absolute Gasteiger partial charge is 0.316 e. The van der Waals surface area contributed by atoms with Gasteiger partial charge in [-0.05, 0) is 114 Å². The van der Waals surface area contributed by atoms with E-state index in [9.17, 15) is 0 Å². The van der Waals surface area contributed by atoms with Crippen molar-refractivity contribution in [3.63, 3.8) is 0 Å². The summed E-state index contributed by atoms with van der Waals surface area (Å²) in [4.78, 5) is 7.76. The Kier molecular flexibility index (Phi) is 7.40. The number of hydrogen-bond acceptors (Lipinski definition) is 2. The van der Waals surface area contributed by atoms with E-state index in [4.69, 9.17) is 4.99 Å². The van der Waals surface area contributed by atoms with Crippen LogP contribution >= 0.6 is 0 Å². The summed E-state index contributed by atoms with van der Waals surface area (Å²) in [6.45, 7) is 2.23. The summed E-state index contributed by atoms with van der Waals surface area (Å²) in [6.07, 6.45) is 8.77. The second kappa shape index (κ2) is 12.8. The number of allylic oxidation sites excluding steroid dienone is 2. The lowest BCUT2D eigenvalue weighted by Crippen LogP contribution is -2.44. The van der Waals surface area contributed by atoms with E-state index < -0.39 is 0 Å². The van der Waals surface area contributed by atoms with Crippen LogP contribution in [0, 0.1) is 0 Å². The Labute approximate surface area is 327 Å². The van der Waals surface area contributed by atoms with Crippen LogP contribution in [0.1, 0.15) is 12.5 Å². The summed E-state index contributed by atoms with van der Waals surface area (Å²) >= 11 is 0. The lowest BCUT2D eigenvalue weighted by atomic mass is 9.84. The van der Waals surface area contributed by atoms with Crippen molar-refractivity contribution in [2.75, 3.05) is 4.90 Å². The molecule has 0 bridgehead atoms. The van der Waals surface area contributed by atoms with Gasteiger partial charge in [0.1, 0.15) is 11.4 Å². The first-order valence-electron chi connectivity index (χ1n) is 19.5. The van der Waals surface area contributed by atoms with Gasteiger partial charge in [-0.3, -0.25) is 4.99 Å². The van der Waals surface area contributed by atoms with Crippen molar-refractivity contribution >= 4 is 54.6 Å². The molecule has 0 N–H and O–H groups in total. The van der Waals surface area contributed by atoms with Gasteiger partial charge in [0, 0.05) is 11.3 Å². The fourth-order valence-electron chi connectivity index (χ4n) is 9.13. The molecule has 1 heterocycles. The van der Waals surface area contributed by atoms with Crippen LogP contribution in [0.2, 0.25) is 0 Å². The molecule has 9 aromatic carbocycles. The highest BCUT2D eigenvalue weighted by Gasteiger charge is 2.44. The van der Waals surface area contributed by atoms with Gasteiger partial charge in [0.05, 0.1) is 6.04 Å². The van der Waals surface area contributed by atoms with Gasteiger partial charge in [-0.15, -0.1) is 0 Å². The van der Waals surface area contributed by atoms with E-state index in [2.05, 4.69) is 218 Å². The molecule has 0 amide bonds. The number of fused-ring (bicyclic) bond motifs is 5. The summed E-state index contributed by atoms with van der Waals surface area (Å²) in [5.41, 5.74) is 9.27. The van der Waals surface area contributed by atoms with Gasteiger partial charge >= 0.3 is 0 Å². The van der Waals surface area contributed by atoms with Gasteiger partial charge in [0.25, 0.3) is 0 Å². The minimum Gasteiger partial charge on any atom is -0.316 e. The van der Waals surface area contributed by atoms with Crippen LogP contribution in [-0.2, 0) is 0 Å². The number of anilines is 1. The molecule has 11 rings (SSSR count). The van der Waals surface area contributed by atoms with E-state index in [0.717, 1.165) is 17.1 Å². The molecule has 1 aliphatic carbocycles. The first-order valence-corrected chi connectivity index (χ1v) is 19.5. The second-order valence-electron chi connectivity index (χ2n) is 15.3. The van der Waals surface area contributed by atoms with Gasteiger partial charge in [0.15, 0.2) is 0 Å². The van der Waals surface area contributed by atoms with E-state index >= 15 is 0 Å². The summed E-state index contributed by atoms with van der Waals surface area (Å²) in [6, 6.07) is 66.9. The topological polar surface area (TPSA) is 15.6 Å². The Morgan fingerprint density at radius 1 is 0.429 bits per heavy atom. The highest BCUT2D eigenvalue weighted by atomic mass is 15.3. The van der Waals surface area contributed by atoms with Gasteiger partial charge in [-0.25, -0.2) is 0 Å². The zero-order valence-electron chi connectivity index (χ0n) is 31.1. The minimum atomic E-state index is -0.332. The molecule has 2 heteroatoms. The molecule has 0 fully saturated rings. The quantitative estimate of drug-likeness (QED) is 0.162. The van der Waals surface area contributed by atoms with E-state index in [-0.39, 0.29) is 11.6 Å². The monoisotopic (exact) mass is 714 g/mol. The molecule has 0 saturated heterocycles. The molecule has 0 saturated carbocycles. The summed E-state index contributed by atoms with van der Waals surface area (Å²) in [7, 11) is 0. The Bertz CT molecular complexity index is 3100. The van der Waals surface area contributed by atoms with Gasteiger partial charge in [-0.2, -0.15) is 0 Å². The Morgan fingerprint density at radius 2 is 0.946 bits per heavy atom. The number of nitrogens with zero attached hydrogens (tertiary/aromatic N) is 2. The van der Waals surface area contributed by atoms with Crippen LogP contribution in [0.3, 0.4) is 0 Å². The molecule has 2 aliphatic rings. The van der Waals surface area contributed by atoms with E-state index in [0.29, 0.717) is 0 Å². The number of rotatable bonds is 5. The van der Waals surface area contributed by atoms with Crippen molar-refractivity contribution in [2.24, 2.45) is 4.99 Å². The van der Waals surface area contributed by atoms with E-state index in [1.54, 1.807) is 0 Å². The molecule has 56 heavy (non-hydrogen) atoms. The number of aliphatic imine (C=N–C) groups is 1. The van der Waals surface area contributed by atoms with Crippen molar-refractivity contribution in [3.05, 3.63) is 212 Å². The number of amidine groups is 1. The molecule has 264 valence electrons. The van der Waals surface area contributed by atoms with Crippen molar-refractivity contribution in [3.8, 4) is 33.4 Å². The molecule has 2 atom stereocenters. The molecule has 0 radical (unpaired) electrons. The molecular weight excluding hydrogens is 677 g/mol. The third-order valence-corrected chi connectivity index (χ3v) is 11.9. The molecule has 0 spiro atoms. The average Bonchev–Trinajstić information content (AvgIpc) is 3.58. The maximum Gasteiger partial charge on any atom is 0.137 e. The van der Waals surface area contributed by atoms with E-state index in [1.807, 2.05) is 0 Å². The van der Waals surface area contributed by atoms with E-state index in [1.165, 1.54) is 76.5 Å². The van der Waals surface area contributed by atoms with Gasteiger partial charge in [-0.1, -0.05) is 176 Å². The predicted octanol–water partition coefficient (Wildman–Crippen LogP) is 13.8. The van der Waals surface area contributed by atoms with Crippen LogP contribution in [-0.4, -0.2) is 17.4 Å². The first kappa shape index (κ1) is 32.4. The van der Waals surface area contributed by atoms with Gasteiger partial charge < -0.3 is 4.90 Å². The maximum atomic E-state index is 5.37. The molecule has 1 aliphatic heterocycles. The third-order valence-electron chi connectivity index (χ3n) is 11.9. The maximum absolute atomic E-state index is 5.37. The zero-order chi connectivity index (χ0) is 37.2. The minimum absolute atomic E-state index is 0.116. The number of benzene rings is 9. The average molecular weight is 715 g/mol. The van der Waals surface area contributed by atoms with Crippen LogP contribution in [0.25, 0.3) is 76.5 Å². The highest BCUT2D eigenvalue weighted by molar-refractivity contribution is 6.22. The Hall–Kier alpha value is -7.03. The molecule has 2 unspecified atom stereocenters. The normalized spacial score (nSPS) is 17.6. The summed E-state index contributed by atoms with van der Waals surface area (Å²) in [5, 5.41) is 9.99. The standard InChI is InChI=1S/C54H38N2/c1-54-32-12-11-21-50(54)56(45-17-3-2-4-18-45)53(55-54)39-26-22-38(23-27-39)42-30-31-48-49(35-42)52(44-29-25-37-14-6-8-16-41(37)34-44)47-20-10-9-19-46(47)51(48)43-28-24-36-13-5-7-15-40(36)33-43/h2-35,50H,1H3. The fraction of sp³-hybridized carbons (Fsp3) is 0.0556. The molecular formula is C54H38N2. The zero-order valence-corrected chi connectivity index (χ0v) is 31.1. The Balaban J connectivity index is 1.10. The molecule has 0 aromatic heterocycles. The third kappa shape index (κ3) is 5.21. The lowest BCUT2D eigenvalue weighted by molar-refractivity contribution is 0.549. The van der Waals surface area contributed by atoms with Crippen LogP contribution in [0.4, 0.5) is 5.69 Å². The van der Waals surface area contributed by atoms with Gasteiger partial charge in [0.2, 0.25) is 0 Å². The predicted molar refractivity (Wildman–Crippen MR) is 239 cm³/mol. The lowest BCUT2D eigenvalue weighted by Gasteiger charge is -2.33. The van der Waals surface area contributed by atoms with Crippen LogP contribution < -0.4 is 4.90 Å². The Morgan fingerprint density at radius 3 is 1.61 bits per heavy atom. The fourth-order valence-corrected chi connectivity index (χ4v) is 9.13. The van der Waals surface area contributed by atoms with Crippen LogP contribution in [0.5, 0.6) is 0 Å². The van der Waals surface area contributed by atoms with Crippen LogP contribution in [0.15, 0.2) is 211 Å². The van der Waals surface area contributed by atoms with Crippen molar-refractivity contribution in [1.82, 2.24) is 0 Å². The first-order chi connectivity index (χ1) is 27.6. The number of hydrogen-bond donors (Lipinski definition) is 0. The highest BCUT2D eigenvalue weighted by Crippen LogP contribution is 2.46. The molecule has 9 aromatic rings. The SMILES string of the molecule is CC12C=CC=CC1N(c1ccccc1)C(c1ccc(-c3ccc4c(-c5ccc6ccccc6c5)c5ccccc5c(-c5ccc6ccccc6c5)c4c3)cc1)=N2. The number of para-hydroxylation sites is 1. The second-order valence-corrected chi connectivity index (χ2v) is 15.3. The summed E-state index contributed by atoms with van der Waals surface area (Å²) < 4.78 is 0. The summed E-state index contributed by atoms with van der Waals surface area (Å²) in [5.74, 6) is 0.995. The van der Waals surface area contributed by atoms with Crippen molar-refractivity contribution in [1.29, 1.82) is 0 Å². The van der Waals surface area contributed by atoms with Crippen molar-refractivity contribution < 1.29 is 0 Å². The smallest absolute Gasteiger partial charge is 0.137 e. The van der Waals surface area contributed by atoms with Crippen molar-refractivity contribution in [2.45, 2.75) is 18.5 Å². The molecule has 2 nitrogen and oxygen atoms in total.